The monoisotopic (exact) mass is 736 g/mol. The molecule has 3 aromatic rings. The summed E-state index contributed by atoms with van der Waals surface area (Å²) in [5, 5.41) is 0. The number of hydrogen-bond acceptors (Lipinski definition) is 6. The van der Waals surface area contributed by atoms with Crippen LogP contribution in [0.1, 0.15) is 150 Å². The number of allylic oxidation sites excluding steroid dienone is 2. The number of benzene rings is 3. The van der Waals surface area contributed by atoms with Crippen LogP contribution in [0.25, 0.3) is 0 Å². The molecule has 54 heavy (non-hydrogen) atoms. The van der Waals surface area contributed by atoms with Crippen LogP contribution >= 0.6 is 0 Å². The van der Waals surface area contributed by atoms with E-state index in [0.717, 1.165) is 39.7 Å². The zero-order chi connectivity index (χ0) is 39.0. The Morgan fingerprint density at radius 1 is 0.741 bits per heavy atom. The van der Waals surface area contributed by atoms with E-state index in [2.05, 4.69) is 78.8 Å². The molecule has 0 amide bonds. The number of fused-ring (bicyclic) bond motifs is 1. The molecule has 1 fully saturated rings. The van der Waals surface area contributed by atoms with Crippen LogP contribution in [-0.2, 0) is 25.1 Å². The van der Waals surface area contributed by atoms with Crippen molar-refractivity contribution in [1.29, 1.82) is 0 Å². The van der Waals surface area contributed by atoms with Gasteiger partial charge in [-0.3, -0.25) is 9.59 Å². The smallest absolute Gasteiger partial charge is 0.196 e. The van der Waals surface area contributed by atoms with Gasteiger partial charge in [-0.15, -0.1) is 0 Å². The predicted molar refractivity (Wildman–Crippen MR) is 219 cm³/mol. The van der Waals surface area contributed by atoms with Crippen LogP contribution in [0.2, 0.25) is 0 Å². The highest BCUT2D eigenvalue weighted by atomic mass is 16.6. The second kappa shape index (κ2) is 18.3. The number of hydrogen-bond donors (Lipinski definition) is 0. The van der Waals surface area contributed by atoms with E-state index in [4.69, 9.17) is 18.9 Å². The molecule has 0 spiro atoms. The molecule has 0 aliphatic heterocycles. The Kier molecular flexibility index (Phi) is 14.0. The Balaban J connectivity index is 1.12. The van der Waals surface area contributed by atoms with E-state index in [9.17, 15) is 9.59 Å². The van der Waals surface area contributed by atoms with E-state index in [-0.39, 0.29) is 33.9 Å². The Hall–Kier alpha value is -3.74. The van der Waals surface area contributed by atoms with Crippen LogP contribution in [-0.4, -0.2) is 51.2 Å². The van der Waals surface area contributed by atoms with Crippen LogP contribution in [0, 0.1) is 5.92 Å². The summed E-state index contributed by atoms with van der Waals surface area (Å²) in [5.74, 6) is 2.23. The van der Waals surface area contributed by atoms with E-state index < -0.39 is 5.92 Å². The molecule has 6 nitrogen and oxygen atoms in total. The molecule has 0 bridgehead atoms. The predicted octanol–water partition coefficient (Wildman–Crippen LogP) is 11.1. The molecular formula is C48H64O6. The fourth-order valence-electron chi connectivity index (χ4n) is 7.95. The summed E-state index contributed by atoms with van der Waals surface area (Å²) in [6.45, 7) is 22.0. The summed E-state index contributed by atoms with van der Waals surface area (Å²) < 4.78 is 24.0. The molecule has 4 atom stereocenters. The minimum Gasteiger partial charge on any atom is -0.491 e. The van der Waals surface area contributed by atoms with Crippen LogP contribution in [0.4, 0.5) is 0 Å². The highest BCUT2D eigenvalue weighted by Gasteiger charge is 2.35. The lowest BCUT2D eigenvalue weighted by atomic mass is 9.73. The van der Waals surface area contributed by atoms with E-state index in [1.165, 1.54) is 37.7 Å². The first-order valence-electron chi connectivity index (χ1n) is 20.2. The van der Waals surface area contributed by atoms with Crippen molar-refractivity contribution >= 4 is 11.6 Å². The first-order chi connectivity index (χ1) is 25.6. The minimum absolute atomic E-state index is 0.0180. The molecule has 5 rings (SSSR count). The third-order valence-electron chi connectivity index (χ3n) is 11.2. The van der Waals surface area contributed by atoms with Gasteiger partial charge in [0.15, 0.2) is 11.6 Å². The maximum Gasteiger partial charge on any atom is 0.196 e. The summed E-state index contributed by atoms with van der Waals surface area (Å²) >= 11 is 0. The molecule has 1 saturated carbocycles. The van der Waals surface area contributed by atoms with E-state index in [0.29, 0.717) is 51.1 Å². The molecule has 2 aliphatic carbocycles. The van der Waals surface area contributed by atoms with E-state index in [1.807, 2.05) is 50.3 Å². The van der Waals surface area contributed by atoms with Crippen molar-refractivity contribution in [1.82, 2.24) is 0 Å². The molecule has 0 radical (unpaired) electrons. The Labute approximate surface area is 325 Å². The van der Waals surface area contributed by atoms with E-state index >= 15 is 0 Å². The molecular weight excluding hydrogens is 673 g/mol. The summed E-state index contributed by atoms with van der Waals surface area (Å²) in [6.07, 6.45) is 8.41. The lowest BCUT2D eigenvalue weighted by Crippen LogP contribution is -2.26. The van der Waals surface area contributed by atoms with Crippen LogP contribution < -0.4 is 9.47 Å². The van der Waals surface area contributed by atoms with Gasteiger partial charge < -0.3 is 18.9 Å². The average Bonchev–Trinajstić information content (AvgIpc) is 3.36. The van der Waals surface area contributed by atoms with Gasteiger partial charge in [0.05, 0.1) is 32.0 Å². The Morgan fingerprint density at radius 2 is 1.37 bits per heavy atom. The number of carbonyl (C=O) groups excluding carboxylic acids is 2. The third kappa shape index (κ3) is 10.5. The van der Waals surface area contributed by atoms with Crippen molar-refractivity contribution in [3.8, 4) is 11.5 Å². The molecule has 6 heteroatoms. The molecule has 0 heterocycles. The topological polar surface area (TPSA) is 71.1 Å². The second-order valence-corrected chi connectivity index (χ2v) is 17.6. The van der Waals surface area contributed by atoms with Crippen molar-refractivity contribution in [2.24, 2.45) is 5.92 Å². The zero-order valence-corrected chi connectivity index (χ0v) is 34.4. The highest BCUT2D eigenvalue weighted by molar-refractivity contribution is 6.29. The Bertz CT molecular complexity index is 1760. The summed E-state index contributed by atoms with van der Waals surface area (Å²) in [6, 6.07) is 20.5. The van der Waals surface area contributed by atoms with Crippen molar-refractivity contribution in [3.63, 3.8) is 0 Å². The minimum atomic E-state index is -0.532. The van der Waals surface area contributed by atoms with Gasteiger partial charge in [-0.2, -0.15) is 0 Å². The first-order valence-corrected chi connectivity index (χ1v) is 20.2. The summed E-state index contributed by atoms with van der Waals surface area (Å²) in [5.41, 5.74) is 5.88. The van der Waals surface area contributed by atoms with Crippen LogP contribution in [0.5, 0.6) is 11.5 Å². The van der Waals surface area contributed by atoms with Crippen molar-refractivity contribution in [3.05, 3.63) is 106 Å². The lowest BCUT2D eigenvalue weighted by molar-refractivity contribution is -0.116. The fourth-order valence-corrected chi connectivity index (χ4v) is 7.95. The van der Waals surface area contributed by atoms with Gasteiger partial charge in [0.2, 0.25) is 0 Å². The zero-order valence-electron chi connectivity index (χ0n) is 34.4. The normalized spacial score (nSPS) is 19.8. The molecule has 0 aromatic heterocycles. The van der Waals surface area contributed by atoms with Gasteiger partial charge in [-0.25, -0.2) is 0 Å². The maximum atomic E-state index is 14.2. The second-order valence-electron chi connectivity index (χ2n) is 17.6. The van der Waals surface area contributed by atoms with Gasteiger partial charge >= 0.3 is 0 Å². The van der Waals surface area contributed by atoms with Gasteiger partial charge in [0.1, 0.15) is 24.7 Å². The Morgan fingerprint density at radius 3 is 2.04 bits per heavy atom. The van der Waals surface area contributed by atoms with Crippen molar-refractivity contribution in [2.45, 2.75) is 123 Å². The summed E-state index contributed by atoms with van der Waals surface area (Å²) in [7, 11) is 0. The first kappa shape index (κ1) is 41.4. The number of ether oxygens (including phenoxy) is 4. The third-order valence-corrected chi connectivity index (χ3v) is 11.2. The molecule has 0 saturated heterocycles. The van der Waals surface area contributed by atoms with Gasteiger partial charge in [-0.05, 0) is 81.5 Å². The maximum absolute atomic E-state index is 14.2. The van der Waals surface area contributed by atoms with Gasteiger partial charge in [0.25, 0.3) is 0 Å². The van der Waals surface area contributed by atoms with Gasteiger partial charge in [0, 0.05) is 17.4 Å². The van der Waals surface area contributed by atoms with Crippen LogP contribution in [0.15, 0.2) is 72.3 Å². The number of Topliss-reactive ketones (excluding diaryl/α,β-unsaturated/α-hetero) is 2. The summed E-state index contributed by atoms with van der Waals surface area (Å²) in [4.78, 5) is 27.7. The largest absolute Gasteiger partial charge is 0.491 e. The lowest BCUT2D eigenvalue weighted by Gasteiger charge is -2.31. The highest BCUT2D eigenvalue weighted by Crippen LogP contribution is 2.42. The molecule has 0 N–H and O–H groups in total. The van der Waals surface area contributed by atoms with Crippen molar-refractivity contribution in [2.75, 3.05) is 39.6 Å². The number of ketones is 2. The average molecular weight is 737 g/mol. The van der Waals surface area contributed by atoms with Gasteiger partial charge in [-0.1, -0.05) is 130 Å². The fraction of sp³-hybridized carbons (Fsp3) is 0.542. The number of rotatable bonds is 15. The molecule has 2 aliphatic rings. The quantitative estimate of drug-likeness (QED) is 0.0879. The standard InChI is InChI=1S/C48H64O6/c1-32-13-12-14-35(18-17-32)36-19-21-37(22-20-36)53-27-25-51-23-24-52-26-28-54-44-30-40(42(47(4,5)6)31-43(44)48(7,8)9)34(3)45(49)41-29-33(2)38-15-10-11-16-39(38)46(41)50/h10-11,15-16,19-22,29-35H,12-14,17-18,23-28H2,1-9H3. The SMILES string of the molecule is CC1CCCC(c2ccc(OCCOCCOCCOc3cc(C(C)C(=O)C4=CC(C)c5ccccc5C4=O)c(C(C)(C)C)cc3C(C)(C)C)cc2)CC1. The van der Waals surface area contributed by atoms with Crippen LogP contribution in [0.3, 0.4) is 0 Å². The molecule has 4 unspecified atom stereocenters. The number of carbonyl (C=O) groups is 2. The molecule has 3 aromatic carbocycles. The van der Waals surface area contributed by atoms with Crippen molar-refractivity contribution < 1.29 is 28.5 Å². The van der Waals surface area contributed by atoms with E-state index in [1.54, 1.807) is 0 Å². The molecule has 292 valence electrons.